The van der Waals surface area contributed by atoms with Gasteiger partial charge >= 0.3 is 5.97 Å². The Bertz CT molecular complexity index is 456. The van der Waals surface area contributed by atoms with Crippen molar-refractivity contribution in [1.29, 1.82) is 0 Å². The first kappa shape index (κ1) is 14.0. The largest absolute Gasteiger partial charge is 0.476 e. The zero-order valence-corrected chi connectivity index (χ0v) is 11.9. The molecule has 1 saturated heterocycles. The maximum atomic E-state index is 11.2. The van der Waals surface area contributed by atoms with Crippen molar-refractivity contribution < 1.29 is 9.90 Å². The summed E-state index contributed by atoms with van der Waals surface area (Å²) in [4.78, 5) is 13.6. The number of aromatic nitrogens is 3. The summed E-state index contributed by atoms with van der Waals surface area (Å²) < 4.78 is 1.75. The van der Waals surface area contributed by atoms with E-state index >= 15 is 0 Å². The highest BCUT2D eigenvalue weighted by atomic mass is 16.4. The van der Waals surface area contributed by atoms with Crippen LogP contribution < -0.4 is 0 Å². The first-order valence-electron chi connectivity index (χ1n) is 6.79. The van der Waals surface area contributed by atoms with Crippen molar-refractivity contribution in [3.8, 4) is 0 Å². The summed E-state index contributed by atoms with van der Waals surface area (Å²) in [6.45, 7) is 9.84. The molecular formula is C13H22N4O2. The van der Waals surface area contributed by atoms with Crippen LogP contribution in [0.1, 0.15) is 49.8 Å². The summed E-state index contributed by atoms with van der Waals surface area (Å²) in [5.74, 6) is -1.00. The van der Waals surface area contributed by atoms with Crippen molar-refractivity contribution in [2.45, 2.75) is 45.6 Å². The molecule has 6 heteroatoms. The number of nitrogens with zero attached hydrogens (tertiary/aromatic N) is 4. The molecule has 1 aromatic heterocycles. The van der Waals surface area contributed by atoms with E-state index < -0.39 is 5.97 Å². The van der Waals surface area contributed by atoms with E-state index in [4.69, 9.17) is 0 Å². The van der Waals surface area contributed by atoms with Crippen LogP contribution in [0.4, 0.5) is 0 Å². The second kappa shape index (κ2) is 5.28. The fourth-order valence-electron chi connectivity index (χ4n) is 2.60. The molecule has 1 aliphatic heterocycles. The van der Waals surface area contributed by atoms with Crippen LogP contribution in [0, 0.1) is 0 Å². The lowest BCUT2D eigenvalue weighted by Gasteiger charge is -2.21. The van der Waals surface area contributed by atoms with Gasteiger partial charge in [-0.05, 0) is 25.9 Å². The van der Waals surface area contributed by atoms with Gasteiger partial charge in [-0.15, -0.1) is 5.10 Å². The molecule has 19 heavy (non-hydrogen) atoms. The lowest BCUT2D eigenvalue weighted by atomic mass is 9.90. The molecule has 0 saturated carbocycles. The van der Waals surface area contributed by atoms with Gasteiger partial charge in [0.25, 0.3) is 0 Å². The Morgan fingerprint density at radius 2 is 1.89 bits per heavy atom. The van der Waals surface area contributed by atoms with Gasteiger partial charge in [-0.25, -0.2) is 9.48 Å². The third-order valence-corrected chi connectivity index (χ3v) is 3.47. The Morgan fingerprint density at radius 3 is 2.42 bits per heavy atom. The average Bonchev–Trinajstić information content (AvgIpc) is 2.94. The Labute approximate surface area is 113 Å². The molecule has 2 heterocycles. The normalized spacial score (nSPS) is 17.0. The molecular weight excluding hydrogens is 244 g/mol. The first-order chi connectivity index (χ1) is 8.89. The minimum atomic E-state index is -1.00. The van der Waals surface area contributed by atoms with Crippen LogP contribution in [0.2, 0.25) is 0 Å². The number of hydrogen-bond acceptors (Lipinski definition) is 4. The Kier molecular flexibility index (Phi) is 3.89. The number of carbonyl (C=O) groups is 1. The van der Waals surface area contributed by atoms with Gasteiger partial charge < -0.3 is 10.0 Å². The summed E-state index contributed by atoms with van der Waals surface area (Å²) >= 11 is 0. The zero-order chi connectivity index (χ0) is 14.0. The van der Waals surface area contributed by atoms with E-state index in [2.05, 4.69) is 15.2 Å². The summed E-state index contributed by atoms with van der Waals surface area (Å²) in [5, 5.41) is 17.0. The molecule has 1 aliphatic rings. The lowest BCUT2D eigenvalue weighted by Crippen LogP contribution is -2.28. The van der Waals surface area contributed by atoms with Crippen LogP contribution in [0.5, 0.6) is 0 Å². The van der Waals surface area contributed by atoms with Crippen LogP contribution in [0.15, 0.2) is 0 Å². The number of likely N-dealkylation sites (tertiary alicyclic amines) is 1. The molecule has 6 nitrogen and oxygen atoms in total. The van der Waals surface area contributed by atoms with Gasteiger partial charge in [0.1, 0.15) is 0 Å². The van der Waals surface area contributed by atoms with Gasteiger partial charge in [0.2, 0.25) is 0 Å². The molecule has 0 atom stereocenters. The molecule has 1 fully saturated rings. The predicted molar refractivity (Wildman–Crippen MR) is 71.4 cm³/mol. The van der Waals surface area contributed by atoms with Crippen molar-refractivity contribution in [2.24, 2.45) is 0 Å². The molecule has 0 unspecified atom stereocenters. The van der Waals surface area contributed by atoms with E-state index in [1.165, 1.54) is 12.8 Å². The van der Waals surface area contributed by atoms with Crippen molar-refractivity contribution in [1.82, 2.24) is 19.9 Å². The zero-order valence-electron chi connectivity index (χ0n) is 11.9. The Balaban J connectivity index is 2.17. The van der Waals surface area contributed by atoms with E-state index in [1.807, 2.05) is 20.8 Å². The molecule has 1 aromatic rings. The predicted octanol–water partition coefficient (Wildman–Crippen LogP) is 1.37. The fourth-order valence-corrected chi connectivity index (χ4v) is 2.60. The summed E-state index contributed by atoms with van der Waals surface area (Å²) in [7, 11) is 0. The number of hydrogen-bond donors (Lipinski definition) is 1. The minimum absolute atomic E-state index is 0.0777. The van der Waals surface area contributed by atoms with Crippen molar-refractivity contribution >= 4 is 5.97 Å². The number of aromatic carboxylic acids is 1. The van der Waals surface area contributed by atoms with Gasteiger partial charge in [0.15, 0.2) is 5.69 Å². The highest BCUT2D eigenvalue weighted by Crippen LogP contribution is 2.24. The fraction of sp³-hybridized carbons (Fsp3) is 0.769. The molecule has 1 N–H and O–H groups in total. The smallest absolute Gasteiger partial charge is 0.358 e. The van der Waals surface area contributed by atoms with E-state index in [9.17, 15) is 9.90 Å². The monoisotopic (exact) mass is 266 g/mol. The standard InChI is InChI=1S/C13H22N4O2/c1-13(2,3)11-10(12(18)19)14-15-17(11)9-8-16-6-4-5-7-16/h4-9H2,1-3H3,(H,18,19). The number of rotatable bonds is 4. The second-order valence-electron chi connectivity index (χ2n) is 6.11. The van der Waals surface area contributed by atoms with Gasteiger partial charge in [-0.2, -0.15) is 0 Å². The quantitative estimate of drug-likeness (QED) is 0.891. The first-order valence-corrected chi connectivity index (χ1v) is 6.79. The summed E-state index contributed by atoms with van der Waals surface area (Å²) in [6, 6.07) is 0. The van der Waals surface area contributed by atoms with Crippen LogP contribution in [0.3, 0.4) is 0 Å². The van der Waals surface area contributed by atoms with E-state index in [-0.39, 0.29) is 11.1 Å². The van der Waals surface area contributed by atoms with Crippen LogP contribution >= 0.6 is 0 Å². The van der Waals surface area contributed by atoms with Crippen LogP contribution in [0.25, 0.3) is 0 Å². The molecule has 0 spiro atoms. The maximum Gasteiger partial charge on any atom is 0.358 e. The highest BCUT2D eigenvalue weighted by molar-refractivity contribution is 5.86. The average molecular weight is 266 g/mol. The van der Waals surface area contributed by atoms with Gasteiger partial charge in [-0.1, -0.05) is 26.0 Å². The molecule has 106 valence electrons. The Hall–Kier alpha value is -1.43. The second-order valence-corrected chi connectivity index (χ2v) is 6.11. The van der Waals surface area contributed by atoms with Crippen molar-refractivity contribution in [2.75, 3.05) is 19.6 Å². The molecule has 2 rings (SSSR count). The van der Waals surface area contributed by atoms with Crippen LogP contribution in [-0.4, -0.2) is 50.6 Å². The number of carboxylic acid groups (broad SMARTS) is 1. The maximum absolute atomic E-state index is 11.2. The topological polar surface area (TPSA) is 71.2 Å². The molecule has 0 bridgehead atoms. The lowest BCUT2D eigenvalue weighted by molar-refractivity contribution is 0.0687. The van der Waals surface area contributed by atoms with E-state index in [0.717, 1.165) is 19.6 Å². The molecule has 0 aliphatic carbocycles. The third kappa shape index (κ3) is 3.12. The summed E-state index contributed by atoms with van der Waals surface area (Å²) in [5.41, 5.74) is 0.510. The van der Waals surface area contributed by atoms with Crippen molar-refractivity contribution in [3.05, 3.63) is 11.4 Å². The van der Waals surface area contributed by atoms with Crippen LogP contribution in [-0.2, 0) is 12.0 Å². The third-order valence-electron chi connectivity index (χ3n) is 3.47. The van der Waals surface area contributed by atoms with Gasteiger partial charge in [0, 0.05) is 12.0 Å². The van der Waals surface area contributed by atoms with Gasteiger partial charge in [0.05, 0.1) is 12.2 Å². The molecule has 0 aromatic carbocycles. The summed E-state index contributed by atoms with van der Waals surface area (Å²) in [6.07, 6.45) is 2.51. The Morgan fingerprint density at radius 1 is 1.26 bits per heavy atom. The van der Waals surface area contributed by atoms with Crippen molar-refractivity contribution in [3.63, 3.8) is 0 Å². The van der Waals surface area contributed by atoms with E-state index in [1.54, 1.807) is 4.68 Å². The van der Waals surface area contributed by atoms with E-state index in [0.29, 0.717) is 12.2 Å². The highest BCUT2D eigenvalue weighted by Gasteiger charge is 2.29. The minimum Gasteiger partial charge on any atom is -0.476 e. The molecule has 0 radical (unpaired) electrons. The SMILES string of the molecule is CC(C)(C)c1c(C(=O)O)nnn1CCN1CCCC1. The molecule has 0 amide bonds. The number of carboxylic acids is 1. The van der Waals surface area contributed by atoms with Gasteiger partial charge in [-0.3, -0.25) is 0 Å².